The highest BCUT2D eigenvalue weighted by Crippen LogP contribution is 2.49. The van der Waals surface area contributed by atoms with Crippen LogP contribution in [0.3, 0.4) is 0 Å². The number of aromatic hydroxyl groups is 1. The Labute approximate surface area is 161 Å². The number of alkyl halides is 3. The van der Waals surface area contributed by atoms with Gasteiger partial charge in [0, 0.05) is 44.6 Å². The summed E-state index contributed by atoms with van der Waals surface area (Å²) in [6.07, 6.45) is -3.73. The van der Waals surface area contributed by atoms with Crippen LogP contribution in [0.5, 0.6) is 5.88 Å². The molecule has 0 spiro atoms. The van der Waals surface area contributed by atoms with E-state index < -0.39 is 18.2 Å². The summed E-state index contributed by atoms with van der Waals surface area (Å²) in [5, 5.41) is 14.7. The third-order valence-electron chi connectivity index (χ3n) is 4.52. The third kappa shape index (κ3) is 2.91. The summed E-state index contributed by atoms with van der Waals surface area (Å²) in [6, 6.07) is 8.50. The second-order valence-corrected chi connectivity index (χ2v) is 7.10. The number of aromatic nitrogens is 1. The van der Waals surface area contributed by atoms with Gasteiger partial charge in [-0.15, -0.1) is 0 Å². The molecule has 1 aromatic heterocycles. The quantitative estimate of drug-likeness (QED) is 0.559. The normalized spacial score (nSPS) is 20.0. The number of nitrogens with zero attached hydrogens (tertiary/aromatic N) is 1. The second kappa shape index (κ2) is 6.07. The van der Waals surface area contributed by atoms with Crippen LogP contribution in [-0.4, -0.2) is 22.0 Å². The molecule has 1 aliphatic rings. The minimum absolute atomic E-state index is 0.0145. The van der Waals surface area contributed by atoms with Crippen molar-refractivity contribution in [3.63, 3.8) is 0 Å². The van der Waals surface area contributed by atoms with Crippen LogP contribution in [0.1, 0.15) is 17.5 Å². The fourth-order valence-electron chi connectivity index (χ4n) is 3.15. The van der Waals surface area contributed by atoms with Crippen molar-refractivity contribution in [3.05, 3.63) is 63.8 Å². The maximum Gasteiger partial charge on any atom is 0.435 e. The molecule has 0 bridgehead atoms. The molecule has 4 nitrogen and oxygen atoms in total. The first-order valence-electron chi connectivity index (χ1n) is 7.78. The molecule has 0 radical (unpaired) electrons. The summed E-state index contributed by atoms with van der Waals surface area (Å²) < 4.78 is 42.0. The highest BCUT2D eigenvalue weighted by Gasteiger charge is 2.62. The Morgan fingerprint density at radius 3 is 2.48 bits per heavy atom. The maximum atomic E-state index is 14.0. The molecule has 27 heavy (non-hydrogen) atoms. The van der Waals surface area contributed by atoms with Crippen LogP contribution in [0.4, 0.5) is 13.2 Å². The minimum Gasteiger partial charge on any atom is -0.494 e. The molecule has 3 aromatic rings. The van der Waals surface area contributed by atoms with Crippen LogP contribution in [0.25, 0.3) is 10.8 Å². The molecule has 1 unspecified atom stereocenters. The fourth-order valence-corrected chi connectivity index (χ4v) is 3.67. The summed E-state index contributed by atoms with van der Waals surface area (Å²) in [7, 11) is 0. The van der Waals surface area contributed by atoms with Crippen molar-refractivity contribution in [2.24, 2.45) is 5.16 Å². The molecular formula is C18H11Cl2F3N2O2. The van der Waals surface area contributed by atoms with Crippen LogP contribution in [0.15, 0.2) is 47.8 Å². The molecule has 0 amide bonds. The molecule has 2 heterocycles. The zero-order chi connectivity index (χ0) is 19.4. The van der Waals surface area contributed by atoms with Crippen LogP contribution in [0.2, 0.25) is 10.0 Å². The van der Waals surface area contributed by atoms with Gasteiger partial charge in [0.25, 0.3) is 5.60 Å². The Morgan fingerprint density at radius 1 is 1.11 bits per heavy atom. The lowest BCUT2D eigenvalue weighted by Gasteiger charge is -2.29. The Kier molecular flexibility index (Phi) is 4.05. The Morgan fingerprint density at radius 2 is 1.81 bits per heavy atom. The molecule has 0 fully saturated rings. The maximum absolute atomic E-state index is 14.0. The van der Waals surface area contributed by atoms with E-state index in [9.17, 15) is 18.3 Å². The van der Waals surface area contributed by atoms with Crippen molar-refractivity contribution in [1.82, 2.24) is 4.98 Å². The van der Waals surface area contributed by atoms with E-state index in [2.05, 4.69) is 10.1 Å². The van der Waals surface area contributed by atoms with Crippen molar-refractivity contribution in [2.75, 3.05) is 0 Å². The number of fused-ring (bicyclic) bond motifs is 1. The van der Waals surface area contributed by atoms with E-state index in [0.29, 0.717) is 16.3 Å². The van der Waals surface area contributed by atoms with Crippen LogP contribution >= 0.6 is 23.2 Å². The van der Waals surface area contributed by atoms with Crippen molar-refractivity contribution in [3.8, 4) is 5.88 Å². The zero-order valence-electron chi connectivity index (χ0n) is 13.4. The number of H-pyrrole nitrogens is 1. The van der Waals surface area contributed by atoms with Gasteiger partial charge in [-0.2, -0.15) is 13.2 Å². The van der Waals surface area contributed by atoms with E-state index >= 15 is 0 Å². The van der Waals surface area contributed by atoms with Gasteiger partial charge < -0.3 is 14.9 Å². The zero-order valence-corrected chi connectivity index (χ0v) is 15.0. The first-order valence-corrected chi connectivity index (χ1v) is 8.54. The fraction of sp³-hybridized carbons (Fsp3) is 0.167. The SMILES string of the molecule is Oc1[nH]cc2cc(C3=NOC(c4cc(Cl)cc(Cl)c4)(C(F)(F)F)C3)ccc12. The molecule has 2 aromatic carbocycles. The van der Waals surface area contributed by atoms with Gasteiger partial charge in [0.15, 0.2) is 5.88 Å². The number of hydrogen-bond donors (Lipinski definition) is 2. The van der Waals surface area contributed by atoms with Crippen molar-refractivity contribution >= 4 is 39.7 Å². The number of aromatic amines is 1. The van der Waals surface area contributed by atoms with Crippen LogP contribution in [0, 0.1) is 0 Å². The topological polar surface area (TPSA) is 57.6 Å². The molecule has 1 atom stereocenters. The molecule has 2 N–H and O–H groups in total. The number of benzene rings is 2. The monoisotopic (exact) mass is 414 g/mol. The van der Waals surface area contributed by atoms with Gasteiger partial charge >= 0.3 is 6.18 Å². The minimum atomic E-state index is -4.75. The van der Waals surface area contributed by atoms with Crippen LogP contribution < -0.4 is 0 Å². The third-order valence-corrected chi connectivity index (χ3v) is 4.96. The standard InChI is InChI=1S/C18H11Cl2F3N2O2/c19-12-4-11(5-13(20)6-12)17(18(21,22)23)7-15(25-27-17)9-1-2-14-10(3-9)8-24-16(14)26/h1-6,8,24,26H,7H2. The van der Waals surface area contributed by atoms with Crippen molar-refractivity contribution in [1.29, 1.82) is 0 Å². The van der Waals surface area contributed by atoms with Gasteiger partial charge in [0.1, 0.15) is 0 Å². The van der Waals surface area contributed by atoms with E-state index in [4.69, 9.17) is 28.0 Å². The number of rotatable bonds is 2. The van der Waals surface area contributed by atoms with E-state index in [-0.39, 0.29) is 27.2 Å². The highest BCUT2D eigenvalue weighted by atomic mass is 35.5. The number of oxime groups is 1. The first-order chi connectivity index (χ1) is 12.7. The molecule has 1 aliphatic heterocycles. The van der Waals surface area contributed by atoms with Gasteiger partial charge in [-0.3, -0.25) is 0 Å². The smallest absolute Gasteiger partial charge is 0.435 e. The van der Waals surface area contributed by atoms with E-state index in [1.807, 2.05) is 0 Å². The van der Waals surface area contributed by atoms with Crippen LogP contribution in [-0.2, 0) is 10.4 Å². The lowest BCUT2D eigenvalue weighted by atomic mass is 9.86. The van der Waals surface area contributed by atoms with Crippen molar-refractivity contribution in [2.45, 2.75) is 18.2 Å². The van der Waals surface area contributed by atoms with Gasteiger partial charge in [-0.05, 0) is 30.3 Å². The Balaban J connectivity index is 1.76. The molecule has 9 heteroatoms. The number of hydrogen-bond acceptors (Lipinski definition) is 3. The summed E-state index contributed by atoms with van der Waals surface area (Å²) in [6.45, 7) is 0. The summed E-state index contributed by atoms with van der Waals surface area (Å²) in [4.78, 5) is 7.62. The van der Waals surface area contributed by atoms with E-state index in [1.54, 1.807) is 24.4 Å². The molecule has 0 saturated heterocycles. The molecule has 4 rings (SSSR count). The van der Waals surface area contributed by atoms with Gasteiger partial charge in [-0.25, -0.2) is 0 Å². The molecule has 140 valence electrons. The van der Waals surface area contributed by atoms with E-state index in [0.717, 1.165) is 0 Å². The average Bonchev–Trinajstić information content (AvgIpc) is 3.19. The predicted octanol–water partition coefficient (Wildman–Crippen LogP) is 5.76. The molecule has 0 saturated carbocycles. The second-order valence-electron chi connectivity index (χ2n) is 6.23. The summed E-state index contributed by atoms with van der Waals surface area (Å²) in [5.41, 5.74) is -2.30. The van der Waals surface area contributed by atoms with Crippen molar-refractivity contribution < 1.29 is 23.1 Å². The first kappa shape index (κ1) is 18.0. The van der Waals surface area contributed by atoms with Gasteiger partial charge in [-0.1, -0.05) is 34.4 Å². The number of halogens is 5. The Bertz CT molecular complexity index is 1060. The molecule has 0 aliphatic carbocycles. The largest absolute Gasteiger partial charge is 0.494 e. The Hall–Kier alpha value is -2.38. The number of nitrogens with one attached hydrogen (secondary N) is 1. The summed E-state index contributed by atoms with van der Waals surface area (Å²) >= 11 is 11.8. The lowest BCUT2D eigenvalue weighted by Crippen LogP contribution is -2.42. The lowest BCUT2D eigenvalue weighted by molar-refractivity contribution is -0.275. The highest BCUT2D eigenvalue weighted by molar-refractivity contribution is 6.34. The summed E-state index contributed by atoms with van der Waals surface area (Å²) in [5.74, 6) is -0.0145. The van der Waals surface area contributed by atoms with Gasteiger partial charge in [0.2, 0.25) is 0 Å². The predicted molar refractivity (Wildman–Crippen MR) is 96.4 cm³/mol. The molecular weight excluding hydrogens is 404 g/mol. The van der Waals surface area contributed by atoms with E-state index in [1.165, 1.54) is 18.2 Å². The average molecular weight is 415 g/mol. The van der Waals surface area contributed by atoms with Gasteiger partial charge in [0.05, 0.1) is 5.71 Å².